The predicted molar refractivity (Wildman–Crippen MR) is 127 cm³/mol. The second kappa shape index (κ2) is 9.51. The number of halogens is 2. The summed E-state index contributed by atoms with van der Waals surface area (Å²) in [5, 5.41) is 14.5. The molecule has 174 valence electrons. The Labute approximate surface area is 200 Å². The molecule has 0 saturated carbocycles. The number of piperidine rings is 2. The molecule has 2 atom stereocenters. The van der Waals surface area contributed by atoms with Crippen LogP contribution in [0.1, 0.15) is 52.5 Å². The zero-order valence-electron chi connectivity index (χ0n) is 18.1. The summed E-state index contributed by atoms with van der Waals surface area (Å²) in [5.74, 6) is 0.565. The van der Waals surface area contributed by atoms with Gasteiger partial charge in [-0.25, -0.2) is 0 Å². The summed E-state index contributed by atoms with van der Waals surface area (Å²) in [6.45, 7) is 5.27. The lowest BCUT2D eigenvalue weighted by Crippen LogP contribution is -2.48. The van der Waals surface area contributed by atoms with Crippen molar-refractivity contribution in [2.75, 3.05) is 26.2 Å². The highest BCUT2D eigenvalue weighted by atomic mass is 35.5. The minimum absolute atomic E-state index is 0. The monoisotopic (exact) mass is 480 g/mol. The standard InChI is InChI=1S/C23H28N4O3.2ClH/c1-15-2-5-20(25-11-15)23(30)6-8-26(9-7-23)21(28)18-3-4-19-17-10-16(12-24-13-17)14-27(19)22(18)29;;/h2-5,11,16-17,24,30H,6-10,12-14H2,1H3;2*1H/t16-,17+;;/m0../s1. The van der Waals surface area contributed by atoms with Crippen LogP contribution in [-0.2, 0) is 12.1 Å². The third kappa shape index (κ3) is 4.31. The van der Waals surface area contributed by atoms with E-state index in [0.717, 1.165) is 30.8 Å². The lowest BCUT2D eigenvalue weighted by atomic mass is 9.84. The average molecular weight is 481 g/mol. The number of amides is 1. The van der Waals surface area contributed by atoms with Crippen molar-refractivity contribution in [3.63, 3.8) is 0 Å². The van der Waals surface area contributed by atoms with E-state index in [1.165, 1.54) is 0 Å². The van der Waals surface area contributed by atoms with E-state index in [2.05, 4.69) is 10.3 Å². The van der Waals surface area contributed by atoms with E-state index in [0.29, 0.717) is 50.0 Å². The molecule has 2 fully saturated rings. The number of carbonyl (C=O) groups excluding carboxylic acids is 1. The molecule has 7 nitrogen and oxygen atoms in total. The van der Waals surface area contributed by atoms with Crippen LogP contribution < -0.4 is 10.9 Å². The molecule has 0 aromatic carbocycles. The molecular formula is C23H30Cl2N4O3. The van der Waals surface area contributed by atoms with Crippen LogP contribution in [0.15, 0.2) is 35.3 Å². The highest BCUT2D eigenvalue weighted by molar-refractivity contribution is 5.94. The first kappa shape index (κ1) is 24.7. The summed E-state index contributed by atoms with van der Waals surface area (Å²) in [4.78, 5) is 32.4. The number of carbonyl (C=O) groups is 1. The number of aromatic nitrogens is 2. The second-order valence-electron chi connectivity index (χ2n) is 9.09. The van der Waals surface area contributed by atoms with Crippen molar-refractivity contribution in [2.45, 2.75) is 44.2 Å². The summed E-state index contributed by atoms with van der Waals surface area (Å²) in [5.41, 5.74) is 1.77. The molecule has 2 saturated heterocycles. The molecule has 0 unspecified atom stereocenters. The summed E-state index contributed by atoms with van der Waals surface area (Å²) in [7, 11) is 0. The SMILES string of the molecule is Cc1ccc(C2(O)CCN(C(=O)c3ccc4n(c3=O)C[C@@H]3CNC[C@H]4C3)CC2)nc1.Cl.Cl. The van der Waals surface area contributed by atoms with Crippen molar-refractivity contribution < 1.29 is 9.90 Å². The highest BCUT2D eigenvalue weighted by Crippen LogP contribution is 2.33. The van der Waals surface area contributed by atoms with Crippen LogP contribution in [0.25, 0.3) is 0 Å². The van der Waals surface area contributed by atoms with Gasteiger partial charge in [0.2, 0.25) is 0 Å². The molecule has 2 N–H and O–H groups in total. The van der Waals surface area contributed by atoms with Gasteiger partial charge >= 0.3 is 0 Å². The van der Waals surface area contributed by atoms with E-state index in [-0.39, 0.29) is 41.8 Å². The number of pyridine rings is 2. The van der Waals surface area contributed by atoms with Crippen LogP contribution in [0, 0.1) is 12.8 Å². The van der Waals surface area contributed by atoms with Crippen LogP contribution in [0.5, 0.6) is 0 Å². The molecule has 5 rings (SSSR count). The molecule has 32 heavy (non-hydrogen) atoms. The summed E-state index contributed by atoms with van der Waals surface area (Å²) in [6.07, 6.45) is 3.69. The van der Waals surface area contributed by atoms with Gasteiger partial charge in [0.05, 0.1) is 5.69 Å². The Balaban J connectivity index is 0.00000144. The number of nitrogens with zero attached hydrogens (tertiary/aromatic N) is 3. The van der Waals surface area contributed by atoms with Gasteiger partial charge in [-0.05, 0) is 62.4 Å². The van der Waals surface area contributed by atoms with Gasteiger partial charge in [-0.2, -0.15) is 0 Å². The van der Waals surface area contributed by atoms with Gasteiger partial charge in [0.1, 0.15) is 11.2 Å². The van der Waals surface area contributed by atoms with Gasteiger partial charge in [0.25, 0.3) is 11.5 Å². The first-order valence-electron chi connectivity index (χ1n) is 10.8. The summed E-state index contributed by atoms with van der Waals surface area (Å²) in [6, 6.07) is 7.46. The molecule has 9 heteroatoms. The number of hydrogen-bond donors (Lipinski definition) is 2. The fourth-order valence-electron chi connectivity index (χ4n) is 5.20. The van der Waals surface area contributed by atoms with Crippen molar-refractivity contribution in [1.82, 2.24) is 19.8 Å². The molecule has 0 spiro atoms. The molecule has 3 aliphatic rings. The van der Waals surface area contributed by atoms with E-state index >= 15 is 0 Å². The number of fused-ring (bicyclic) bond motifs is 4. The number of likely N-dealkylation sites (tertiary alicyclic amines) is 1. The maximum atomic E-state index is 13.1. The molecule has 3 aliphatic heterocycles. The smallest absolute Gasteiger partial charge is 0.263 e. The molecule has 5 heterocycles. The van der Waals surface area contributed by atoms with E-state index in [9.17, 15) is 14.7 Å². The van der Waals surface area contributed by atoms with Gasteiger partial charge in [0, 0.05) is 44.0 Å². The lowest BCUT2D eigenvalue weighted by Gasteiger charge is -2.39. The first-order chi connectivity index (χ1) is 14.4. The van der Waals surface area contributed by atoms with E-state index in [1.807, 2.05) is 29.7 Å². The Morgan fingerprint density at radius 1 is 1.16 bits per heavy atom. The van der Waals surface area contributed by atoms with E-state index < -0.39 is 5.60 Å². The lowest BCUT2D eigenvalue weighted by molar-refractivity contribution is -0.0244. The van der Waals surface area contributed by atoms with Crippen LogP contribution in [-0.4, -0.2) is 51.6 Å². The Hall–Kier alpha value is -1.93. The number of rotatable bonds is 2. The zero-order valence-corrected chi connectivity index (χ0v) is 19.8. The molecule has 0 radical (unpaired) electrons. The van der Waals surface area contributed by atoms with Gasteiger partial charge in [0.15, 0.2) is 0 Å². The summed E-state index contributed by atoms with van der Waals surface area (Å²) < 4.78 is 1.82. The minimum Gasteiger partial charge on any atom is -0.383 e. The van der Waals surface area contributed by atoms with Crippen LogP contribution in [0.2, 0.25) is 0 Å². The number of hydrogen-bond acceptors (Lipinski definition) is 5. The second-order valence-corrected chi connectivity index (χ2v) is 9.09. The molecule has 0 aliphatic carbocycles. The van der Waals surface area contributed by atoms with Gasteiger partial charge in [-0.3, -0.25) is 14.6 Å². The Bertz CT molecular complexity index is 1030. The molecule has 2 aromatic heterocycles. The van der Waals surface area contributed by atoms with Crippen LogP contribution in [0.3, 0.4) is 0 Å². The van der Waals surface area contributed by atoms with Gasteiger partial charge < -0.3 is 19.9 Å². The van der Waals surface area contributed by atoms with Gasteiger partial charge in [-0.1, -0.05) is 6.07 Å². The fourth-order valence-corrected chi connectivity index (χ4v) is 5.20. The van der Waals surface area contributed by atoms with Crippen LogP contribution in [0.4, 0.5) is 0 Å². The van der Waals surface area contributed by atoms with Crippen molar-refractivity contribution >= 4 is 30.7 Å². The first-order valence-corrected chi connectivity index (χ1v) is 10.8. The van der Waals surface area contributed by atoms with E-state index in [1.54, 1.807) is 17.2 Å². The van der Waals surface area contributed by atoms with Crippen molar-refractivity contribution in [1.29, 1.82) is 0 Å². The number of aryl methyl sites for hydroxylation is 1. The normalized spacial score (nSPS) is 23.4. The van der Waals surface area contributed by atoms with Crippen LogP contribution >= 0.6 is 24.8 Å². The van der Waals surface area contributed by atoms with Crippen molar-refractivity contribution in [2.24, 2.45) is 5.92 Å². The predicted octanol–water partition coefficient (Wildman–Crippen LogP) is 2.23. The third-order valence-corrected chi connectivity index (χ3v) is 7.01. The Kier molecular flexibility index (Phi) is 7.34. The Morgan fingerprint density at radius 2 is 1.91 bits per heavy atom. The maximum Gasteiger partial charge on any atom is 0.263 e. The topological polar surface area (TPSA) is 87.5 Å². The fraction of sp³-hybridized carbons (Fsp3) is 0.522. The van der Waals surface area contributed by atoms with Crippen molar-refractivity contribution in [3.8, 4) is 0 Å². The maximum absolute atomic E-state index is 13.1. The number of aliphatic hydroxyl groups is 1. The van der Waals surface area contributed by atoms with Gasteiger partial charge in [-0.15, -0.1) is 24.8 Å². The third-order valence-electron chi connectivity index (χ3n) is 7.01. The Morgan fingerprint density at radius 3 is 2.59 bits per heavy atom. The largest absolute Gasteiger partial charge is 0.383 e. The van der Waals surface area contributed by atoms with E-state index in [4.69, 9.17) is 0 Å². The average Bonchev–Trinajstić information content (AvgIpc) is 2.75. The number of nitrogens with one attached hydrogen (secondary N) is 1. The molecular weight excluding hydrogens is 451 g/mol. The minimum atomic E-state index is -1.03. The molecule has 2 aromatic rings. The quantitative estimate of drug-likeness (QED) is 0.687. The van der Waals surface area contributed by atoms with Crippen molar-refractivity contribution in [3.05, 3.63) is 63.3 Å². The molecule has 2 bridgehead atoms. The highest BCUT2D eigenvalue weighted by Gasteiger charge is 2.38. The molecule has 1 amide bonds. The summed E-state index contributed by atoms with van der Waals surface area (Å²) >= 11 is 0. The zero-order chi connectivity index (χ0) is 20.9.